The van der Waals surface area contributed by atoms with Crippen molar-refractivity contribution in [2.75, 3.05) is 26.2 Å². The molecule has 1 N–H and O–H groups in total. The maximum absolute atomic E-state index is 12.8. The Morgan fingerprint density at radius 2 is 2.11 bits per heavy atom. The van der Waals surface area contributed by atoms with E-state index in [1.165, 1.54) is 18.2 Å². The fourth-order valence-corrected chi connectivity index (χ4v) is 1.94. The van der Waals surface area contributed by atoms with E-state index in [-0.39, 0.29) is 30.1 Å². The lowest BCUT2D eigenvalue weighted by atomic mass is 10.2. The summed E-state index contributed by atoms with van der Waals surface area (Å²) >= 11 is 5.84. The highest BCUT2D eigenvalue weighted by molar-refractivity contribution is 6.31. The van der Waals surface area contributed by atoms with E-state index >= 15 is 0 Å². The number of piperazine rings is 1. The van der Waals surface area contributed by atoms with E-state index in [2.05, 4.69) is 5.32 Å². The standard InChI is InChI=1S/C12H14ClFN2O2.ClH/c13-11-7-10(14)2-1-9(11)8-18-12(17)16-5-3-15-4-6-16;/h1-2,7,15H,3-6,8H2;1H. The molecule has 0 bridgehead atoms. The summed E-state index contributed by atoms with van der Waals surface area (Å²) in [5.74, 6) is -0.405. The second kappa shape index (κ2) is 7.53. The molecular formula is C12H15Cl2FN2O2. The number of hydrogen-bond acceptors (Lipinski definition) is 3. The lowest BCUT2D eigenvalue weighted by Crippen LogP contribution is -2.46. The van der Waals surface area contributed by atoms with Gasteiger partial charge in [-0.2, -0.15) is 0 Å². The van der Waals surface area contributed by atoms with Gasteiger partial charge in [0.25, 0.3) is 0 Å². The third-order valence-corrected chi connectivity index (χ3v) is 3.09. The Hall–Kier alpha value is -1.04. The first kappa shape index (κ1) is 16.0. The Morgan fingerprint density at radius 1 is 1.42 bits per heavy atom. The number of amides is 1. The quantitative estimate of drug-likeness (QED) is 0.912. The summed E-state index contributed by atoms with van der Waals surface area (Å²) in [6.45, 7) is 2.87. The van der Waals surface area contributed by atoms with Gasteiger partial charge in [0.15, 0.2) is 0 Å². The molecule has 1 saturated heterocycles. The van der Waals surface area contributed by atoms with Crippen LogP contribution >= 0.6 is 24.0 Å². The second-order valence-electron chi connectivity index (χ2n) is 4.03. The van der Waals surface area contributed by atoms with Crippen LogP contribution in [0.3, 0.4) is 0 Å². The molecule has 1 heterocycles. The summed E-state index contributed by atoms with van der Waals surface area (Å²) in [5, 5.41) is 3.41. The summed E-state index contributed by atoms with van der Waals surface area (Å²) in [6, 6.07) is 4.01. The van der Waals surface area contributed by atoms with Crippen LogP contribution in [0.15, 0.2) is 18.2 Å². The lowest BCUT2D eigenvalue weighted by Gasteiger charge is -2.26. The van der Waals surface area contributed by atoms with Gasteiger partial charge >= 0.3 is 6.09 Å². The molecule has 0 atom stereocenters. The molecular weight excluding hydrogens is 294 g/mol. The molecule has 0 spiro atoms. The number of carbonyl (C=O) groups excluding carboxylic acids is 1. The molecule has 1 fully saturated rings. The minimum Gasteiger partial charge on any atom is -0.444 e. The fraction of sp³-hybridized carbons (Fsp3) is 0.417. The van der Waals surface area contributed by atoms with Gasteiger partial charge in [0.1, 0.15) is 12.4 Å². The van der Waals surface area contributed by atoms with Crippen molar-refractivity contribution < 1.29 is 13.9 Å². The van der Waals surface area contributed by atoms with Crippen molar-refractivity contribution in [1.82, 2.24) is 10.2 Å². The van der Waals surface area contributed by atoms with E-state index < -0.39 is 5.82 Å². The number of hydrogen-bond donors (Lipinski definition) is 1. The monoisotopic (exact) mass is 308 g/mol. The maximum atomic E-state index is 12.8. The molecule has 1 aliphatic heterocycles. The summed E-state index contributed by atoms with van der Waals surface area (Å²) in [5.41, 5.74) is 0.599. The molecule has 1 aromatic carbocycles. The molecule has 0 aliphatic carbocycles. The van der Waals surface area contributed by atoms with Crippen molar-refractivity contribution in [2.45, 2.75) is 6.61 Å². The van der Waals surface area contributed by atoms with Crippen molar-refractivity contribution in [3.8, 4) is 0 Å². The lowest BCUT2D eigenvalue weighted by molar-refractivity contribution is 0.0918. The SMILES string of the molecule is Cl.O=C(OCc1ccc(F)cc1Cl)N1CCNCC1. The van der Waals surface area contributed by atoms with E-state index in [1.807, 2.05) is 0 Å². The van der Waals surface area contributed by atoms with E-state index in [0.717, 1.165) is 13.1 Å². The number of carbonyl (C=O) groups is 1. The molecule has 0 unspecified atom stereocenters. The molecule has 106 valence electrons. The number of benzene rings is 1. The largest absolute Gasteiger partial charge is 0.444 e. The van der Waals surface area contributed by atoms with Crippen LogP contribution in [-0.4, -0.2) is 37.2 Å². The zero-order valence-electron chi connectivity index (χ0n) is 10.2. The van der Waals surface area contributed by atoms with Gasteiger partial charge in [-0.3, -0.25) is 0 Å². The summed E-state index contributed by atoms with van der Waals surface area (Å²) < 4.78 is 18.0. The van der Waals surface area contributed by atoms with Gasteiger partial charge in [-0.1, -0.05) is 17.7 Å². The van der Waals surface area contributed by atoms with Gasteiger partial charge in [0, 0.05) is 31.7 Å². The van der Waals surface area contributed by atoms with Gasteiger partial charge in [0.2, 0.25) is 0 Å². The first-order chi connectivity index (χ1) is 8.66. The number of rotatable bonds is 2. The van der Waals surface area contributed by atoms with Gasteiger partial charge in [-0.15, -0.1) is 12.4 Å². The van der Waals surface area contributed by atoms with E-state index in [0.29, 0.717) is 18.7 Å². The number of ether oxygens (including phenoxy) is 1. The zero-order valence-corrected chi connectivity index (χ0v) is 11.8. The Bertz CT molecular complexity index is 440. The van der Waals surface area contributed by atoms with Crippen LogP contribution in [0.2, 0.25) is 5.02 Å². The van der Waals surface area contributed by atoms with Gasteiger partial charge in [-0.05, 0) is 12.1 Å². The minimum atomic E-state index is -0.405. The van der Waals surface area contributed by atoms with Crippen LogP contribution in [0.4, 0.5) is 9.18 Å². The van der Waals surface area contributed by atoms with E-state index in [4.69, 9.17) is 16.3 Å². The van der Waals surface area contributed by atoms with Crippen molar-refractivity contribution >= 4 is 30.1 Å². The molecule has 4 nitrogen and oxygen atoms in total. The van der Waals surface area contributed by atoms with E-state index in [1.54, 1.807) is 4.90 Å². The number of halogens is 3. The van der Waals surface area contributed by atoms with Gasteiger partial charge in [0.05, 0.1) is 5.02 Å². The average molecular weight is 309 g/mol. The summed E-state index contributed by atoms with van der Waals surface area (Å²) in [7, 11) is 0. The van der Waals surface area contributed by atoms with Crippen molar-refractivity contribution in [3.05, 3.63) is 34.6 Å². The van der Waals surface area contributed by atoms with Crippen molar-refractivity contribution in [1.29, 1.82) is 0 Å². The first-order valence-electron chi connectivity index (χ1n) is 5.73. The fourth-order valence-electron chi connectivity index (χ4n) is 1.72. The normalized spacial score (nSPS) is 14.7. The average Bonchev–Trinajstić information content (AvgIpc) is 2.38. The Kier molecular flexibility index (Phi) is 6.34. The highest BCUT2D eigenvalue weighted by Crippen LogP contribution is 2.18. The van der Waals surface area contributed by atoms with E-state index in [9.17, 15) is 9.18 Å². The van der Waals surface area contributed by atoms with Crippen molar-refractivity contribution in [2.24, 2.45) is 0 Å². The summed E-state index contributed by atoms with van der Waals surface area (Å²) in [4.78, 5) is 13.3. The highest BCUT2D eigenvalue weighted by atomic mass is 35.5. The van der Waals surface area contributed by atoms with Crippen LogP contribution in [0.1, 0.15) is 5.56 Å². The molecule has 1 amide bonds. The molecule has 0 radical (unpaired) electrons. The Morgan fingerprint density at radius 3 is 2.74 bits per heavy atom. The zero-order chi connectivity index (χ0) is 13.0. The maximum Gasteiger partial charge on any atom is 0.410 e. The number of nitrogens with one attached hydrogen (secondary N) is 1. The topological polar surface area (TPSA) is 41.6 Å². The van der Waals surface area contributed by atoms with Crippen LogP contribution < -0.4 is 5.32 Å². The molecule has 0 saturated carbocycles. The predicted octanol–water partition coefficient (Wildman–Crippen LogP) is 2.44. The smallest absolute Gasteiger partial charge is 0.410 e. The van der Waals surface area contributed by atoms with Crippen LogP contribution in [0.5, 0.6) is 0 Å². The molecule has 7 heteroatoms. The third kappa shape index (κ3) is 4.53. The molecule has 1 aliphatic rings. The molecule has 2 rings (SSSR count). The minimum absolute atomic E-state index is 0. The van der Waals surface area contributed by atoms with Gasteiger partial charge in [-0.25, -0.2) is 9.18 Å². The highest BCUT2D eigenvalue weighted by Gasteiger charge is 2.17. The summed E-state index contributed by atoms with van der Waals surface area (Å²) in [6.07, 6.45) is -0.364. The van der Waals surface area contributed by atoms with Crippen LogP contribution in [0, 0.1) is 5.82 Å². The Labute approximate surface area is 122 Å². The van der Waals surface area contributed by atoms with Crippen LogP contribution in [-0.2, 0) is 11.3 Å². The third-order valence-electron chi connectivity index (χ3n) is 2.74. The molecule has 19 heavy (non-hydrogen) atoms. The second-order valence-corrected chi connectivity index (χ2v) is 4.43. The molecule has 0 aromatic heterocycles. The van der Waals surface area contributed by atoms with Crippen LogP contribution in [0.25, 0.3) is 0 Å². The number of nitrogens with zero attached hydrogens (tertiary/aromatic N) is 1. The predicted molar refractivity (Wildman–Crippen MR) is 73.3 cm³/mol. The van der Waals surface area contributed by atoms with Crippen molar-refractivity contribution in [3.63, 3.8) is 0 Å². The molecule has 1 aromatic rings. The van der Waals surface area contributed by atoms with Gasteiger partial charge < -0.3 is 15.0 Å². The first-order valence-corrected chi connectivity index (χ1v) is 6.11. The Balaban J connectivity index is 0.00000180.